The van der Waals surface area contributed by atoms with Crippen molar-refractivity contribution in [3.63, 3.8) is 0 Å². The standard InChI is InChI=1S/C14H17ClF2N2O/c1-13(8-18)5-6-19(9-13)12(20)14(16,17)10-3-2-4-11(15)7-10/h2-4,7H,5-6,8-9,18H2,1H3. The molecular weight excluding hydrogens is 286 g/mol. The first-order valence-corrected chi connectivity index (χ1v) is 6.80. The second-order valence-electron chi connectivity index (χ2n) is 5.58. The van der Waals surface area contributed by atoms with Crippen molar-refractivity contribution in [1.29, 1.82) is 0 Å². The van der Waals surface area contributed by atoms with Gasteiger partial charge >= 0.3 is 5.92 Å². The van der Waals surface area contributed by atoms with E-state index in [0.717, 1.165) is 6.07 Å². The second-order valence-corrected chi connectivity index (χ2v) is 6.01. The van der Waals surface area contributed by atoms with Crippen LogP contribution in [0.2, 0.25) is 5.02 Å². The lowest BCUT2D eigenvalue weighted by Crippen LogP contribution is -2.42. The number of likely N-dealkylation sites (tertiary alicyclic amines) is 1. The minimum Gasteiger partial charge on any atom is -0.337 e. The van der Waals surface area contributed by atoms with E-state index in [1.54, 1.807) is 0 Å². The molecule has 1 aliphatic rings. The lowest BCUT2D eigenvalue weighted by molar-refractivity contribution is -0.158. The van der Waals surface area contributed by atoms with Gasteiger partial charge in [0.15, 0.2) is 0 Å². The van der Waals surface area contributed by atoms with Crippen LogP contribution in [0.5, 0.6) is 0 Å². The molecule has 20 heavy (non-hydrogen) atoms. The average molecular weight is 303 g/mol. The molecule has 1 fully saturated rings. The summed E-state index contributed by atoms with van der Waals surface area (Å²) in [5, 5.41) is 0.184. The molecule has 6 heteroatoms. The fraction of sp³-hybridized carbons (Fsp3) is 0.500. The van der Waals surface area contributed by atoms with Crippen molar-refractivity contribution >= 4 is 17.5 Å². The van der Waals surface area contributed by atoms with E-state index in [-0.39, 0.29) is 22.5 Å². The van der Waals surface area contributed by atoms with Crippen molar-refractivity contribution in [3.05, 3.63) is 34.9 Å². The van der Waals surface area contributed by atoms with Crippen molar-refractivity contribution in [1.82, 2.24) is 4.90 Å². The topological polar surface area (TPSA) is 46.3 Å². The third kappa shape index (κ3) is 2.79. The van der Waals surface area contributed by atoms with Crippen molar-refractivity contribution < 1.29 is 13.6 Å². The molecule has 110 valence electrons. The van der Waals surface area contributed by atoms with Gasteiger partial charge in [0.1, 0.15) is 0 Å². The third-order valence-electron chi connectivity index (χ3n) is 3.79. The van der Waals surface area contributed by atoms with Crippen LogP contribution in [0.15, 0.2) is 24.3 Å². The van der Waals surface area contributed by atoms with Gasteiger partial charge in [0.05, 0.1) is 0 Å². The molecule has 1 aliphatic heterocycles. The molecule has 1 saturated heterocycles. The van der Waals surface area contributed by atoms with E-state index in [4.69, 9.17) is 17.3 Å². The maximum Gasteiger partial charge on any atom is 0.350 e. The Bertz CT molecular complexity index is 524. The quantitative estimate of drug-likeness (QED) is 0.933. The zero-order chi connectivity index (χ0) is 15.0. The molecule has 2 rings (SSSR count). The number of carbonyl (C=O) groups excluding carboxylic acids is 1. The summed E-state index contributed by atoms with van der Waals surface area (Å²) < 4.78 is 28.5. The summed E-state index contributed by atoms with van der Waals surface area (Å²) in [7, 11) is 0. The van der Waals surface area contributed by atoms with Gasteiger partial charge in [-0.2, -0.15) is 8.78 Å². The van der Waals surface area contributed by atoms with E-state index in [1.807, 2.05) is 6.92 Å². The minimum atomic E-state index is -3.56. The lowest BCUT2D eigenvalue weighted by atomic mass is 9.90. The Balaban J connectivity index is 2.20. The van der Waals surface area contributed by atoms with Crippen molar-refractivity contribution in [2.24, 2.45) is 11.1 Å². The first-order valence-electron chi connectivity index (χ1n) is 6.42. The third-order valence-corrected chi connectivity index (χ3v) is 4.03. The molecule has 0 radical (unpaired) electrons. The maximum absolute atomic E-state index is 14.3. The van der Waals surface area contributed by atoms with E-state index in [9.17, 15) is 13.6 Å². The van der Waals surface area contributed by atoms with Crippen molar-refractivity contribution in [3.8, 4) is 0 Å². The number of amides is 1. The molecule has 3 nitrogen and oxygen atoms in total. The number of carbonyl (C=O) groups is 1. The monoisotopic (exact) mass is 302 g/mol. The van der Waals surface area contributed by atoms with Crippen molar-refractivity contribution in [2.75, 3.05) is 19.6 Å². The zero-order valence-electron chi connectivity index (χ0n) is 11.2. The number of nitrogens with two attached hydrogens (primary N) is 1. The van der Waals surface area contributed by atoms with Gasteiger partial charge in [0.25, 0.3) is 5.91 Å². The van der Waals surface area contributed by atoms with Gasteiger partial charge in [-0.1, -0.05) is 30.7 Å². The van der Waals surface area contributed by atoms with Crippen LogP contribution in [-0.4, -0.2) is 30.4 Å². The van der Waals surface area contributed by atoms with Crippen LogP contribution in [0, 0.1) is 5.41 Å². The van der Waals surface area contributed by atoms with Gasteiger partial charge in [-0.15, -0.1) is 0 Å². The molecule has 1 unspecified atom stereocenters. The van der Waals surface area contributed by atoms with Crippen LogP contribution in [0.25, 0.3) is 0 Å². The number of hydrogen-bond donors (Lipinski definition) is 1. The van der Waals surface area contributed by atoms with E-state index in [2.05, 4.69) is 0 Å². The van der Waals surface area contributed by atoms with E-state index in [0.29, 0.717) is 19.5 Å². The Hall–Kier alpha value is -1.20. The molecule has 1 atom stereocenters. The molecule has 1 aromatic rings. The first kappa shape index (κ1) is 15.2. The molecule has 0 bridgehead atoms. The fourth-order valence-corrected chi connectivity index (χ4v) is 2.56. The Morgan fingerprint density at radius 2 is 2.25 bits per heavy atom. The minimum absolute atomic E-state index is 0.184. The molecule has 0 saturated carbocycles. The maximum atomic E-state index is 14.3. The van der Waals surface area contributed by atoms with Gasteiger partial charge < -0.3 is 10.6 Å². The molecule has 1 heterocycles. The number of benzene rings is 1. The Labute approximate surface area is 121 Å². The number of halogens is 3. The number of hydrogen-bond acceptors (Lipinski definition) is 2. The normalized spacial score (nSPS) is 23.1. The average Bonchev–Trinajstić information content (AvgIpc) is 2.81. The second kappa shape index (κ2) is 5.30. The molecule has 0 aromatic heterocycles. The highest BCUT2D eigenvalue weighted by molar-refractivity contribution is 6.30. The number of alkyl halides is 2. The first-order chi connectivity index (χ1) is 9.28. The van der Waals surface area contributed by atoms with Crippen molar-refractivity contribution in [2.45, 2.75) is 19.3 Å². The van der Waals surface area contributed by atoms with E-state index >= 15 is 0 Å². The van der Waals surface area contributed by atoms with Crippen LogP contribution >= 0.6 is 11.6 Å². The Morgan fingerprint density at radius 3 is 2.80 bits per heavy atom. The molecule has 1 aromatic carbocycles. The van der Waals surface area contributed by atoms with Gasteiger partial charge in [-0.3, -0.25) is 4.79 Å². The molecule has 0 aliphatic carbocycles. The fourth-order valence-electron chi connectivity index (χ4n) is 2.37. The predicted octanol–water partition coefficient (Wildman–Crippen LogP) is 2.63. The van der Waals surface area contributed by atoms with Crippen LogP contribution in [0.4, 0.5) is 8.78 Å². The molecule has 0 spiro atoms. The molecule has 1 amide bonds. The summed E-state index contributed by atoms with van der Waals surface area (Å²) in [4.78, 5) is 13.3. The van der Waals surface area contributed by atoms with Gasteiger partial charge in [-0.25, -0.2) is 0 Å². The van der Waals surface area contributed by atoms with E-state index in [1.165, 1.54) is 23.1 Å². The molecular formula is C14H17ClF2N2O. The largest absolute Gasteiger partial charge is 0.350 e. The predicted molar refractivity (Wildman–Crippen MR) is 73.7 cm³/mol. The van der Waals surface area contributed by atoms with Crippen LogP contribution in [0.1, 0.15) is 18.9 Å². The zero-order valence-corrected chi connectivity index (χ0v) is 12.0. The SMILES string of the molecule is CC1(CN)CCN(C(=O)C(F)(F)c2cccc(Cl)c2)C1. The summed E-state index contributed by atoms with van der Waals surface area (Å²) in [6.07, 6.45) is 0.640. The number of rotatable bonds is 3. The Morgan fingerprint density at radius 1 is 1.55 bits per heavy atom. The van der Waals surface area contributed by atoms with Crippen LogP contribution in [0.3, 0.4) is 0 Å². The highest BCUT2D eigenvalue weighted by Crippen LogP contribution is 2.36. The van der Waals surface area contributed by atoms with E-state index < -0.39 is 11.8 Å². The summed E-state index contributed by atoms with van der Waals surface area (Å²) in [5.41, 5.74) is 4.97. The highest BCUT2D eigenvalue weighted by Gasteiger charge is 2.47. The highest BCUT2D eigenvalue weighted by atomic mass is 35.5. The van der Waals surface area contributed by atoms with Gasteiger partial charge in [0, 0.05) is 23.7 Å². The molecule has 2 N–H and O–H groups in total. The smallest absolute Gasteiger partial charge is 0.337 e. The number of nitrogens with zero attached hydrogens (tertiary/aromatic N) is 1. The summed E-state index contributed by atoms with van der Waals surface area (Å²) in [6, 6.07) is 5.24. The Kier molecular flexibility index (Phi) is 4.02. The summed E-state index contributed by atoms with van der Waals surface area (Å²) in [5.74, 6) is -4.75. The van der Waals surface area contributed by atoms with Gasteiger partial charge in [0.2, 0.25) is 0 Å². The lowest BCUT2D eigenvalue weighted by Gasteiger charge is -2.26. The van der Waals surface area contributed by atoms with Gasteiger partial charge in [-0.05, 0) is 30.5 Å². The van der Waals surface area contributed by atoms with Crippen LogP contribution in [-0.2, 0) is 10.7 Å². The summed E-state index contributed by atoms with van der Waals surface area (Å²) >= 11 is 5.71. The summed E-state index contributed by atoms with van der Waals surface area (Å²) in [6.45, 7) is 2.85. The van der Waals surface area contributed by atoms with Crippen LogP contribution < -0.4 is 5.73 Å².